The molecule has 1 saturated heterocycles. The minimum atomic E-state index is -1.05. The maximum absolute atomic E-state index is 12.2. The van der Waals surface area contributed by atoms with Gasteiger partial charge in [-0.1, -0.05) is 0 Å². The van der Waals surface area contributed by atoms with Crippen LogP contribution in [0.25, 0.3) is 0 Å². The summed E-state index contributed by atoms with van der Waals surface area (Å²) < 4.78 is 0. The van der Waals surface area contributed by atoms with E-state index in [1.807, 2.05) is 16.8 Å². The van der Waals surface area contributed by atoms with Crippen LogP contribution < -0.4 is 16.0 Å². The van der Waals surface area contributed by atoms with Gasteiger partial charge in [0.1, 0.15) is 5.60 Å². The Balaban J connectivity index is 1.87. The first-order valence-corrected chi connectivity index (χ1v) is 9.02. The lowest BCUT2D eigenvalue weighted by molar-refractivity contribution is 0.0592. The molecule has 1 aliphatic rings. The lowest BCUT2D eigenvalue weighted by atomic mass is 9.80. The van der Waals surface area contributed by atoms with Gasteiger partial charge in [0, 0.05) is 17.1 Å². The van der Waals surface area contributed by atoms with Gasteiger partial charge in [0.25, 0.3) is 0 Å². The molecule has 6 heteroatoms. The second kappa shape index (κ2) is 6.42. The van der Waals surface area contributed by atoms with Crippen LogP contribution in [0.15, 0.2) is 16.8 Å². The molecule has 130 valence electrons. The second-order valence-corrected chi connectivity index (χ2v) is 8.89. The highest BCUT2D eigenvalue weighted by molar-refractivity contribution is 7.08. The zero-order valence-corrected chi connectivity index (χ0v) is 15.5. The number of carbonyl (C=O) groups excluding carboxylic acids is 1. The number of rotatable bonds is 4. The maximum atomic E-state index is 12.2. The molecule has 0 aliphatic carbocycles. The Morgan fingerprint density at radius 3 is 2.52 bits per heavy atom. The number of piperidine rings is 1. The molecule has 1 aliphatic heterocycles. The molecule has 0 aromatic carbocycles. The van der Waals surface area contributed by atoms with Crippen LogP contribution in [0.2, 0.25) is 0 Å². The molecule has 1 aromatic rings. The van der Waals surface area contributed by atoms with Gasteiger partial charge in [-0.2, -0.15) is 11.3 Å². The molecule has 0 saturated carbocycles. The summed E-state index contributed by atoms with van der Waals surface area (Å²) in [6.45, 7) is 10.5. The van der Waals surface area contributed by atoms with Crippen molar-refractivity contribution in [1.29, 1.82) is 0 Å². The zero-order valence-electron chi connectivity index (χ0n) is 14.7. The van der Waals surface area contributed by atoms with Crippen molar-refractivity contribution in [3.05, 3.63) is 22.4 Å². The van der Waals surface area contributed by atoms with Crippen LogP contribution in [0.3, 0.4) is 0 Å². The lowest BCUT2D eigenvalue weighted by Gasteiger charge is -2.46. The topological polar surface area (TPSA) is 73.4 Å². The number of amides is 2. The number of aliphatic hydroxyl groups is 1. The normalized spacial score (nSPS) is 23.0. The van der Waals surface area contributed by atoms with E-state index in [1.165, 1.54) is 11.3 Å². The average molecular weight is 340 g/mol. The smallest absolute Gasteiger partial charge is 0.315 e. The van der Waals surface area contributed by atoms with Gasteiger partial charge in [-0.15, -0.1) is 0 Å². The molecule has 4 N–H and O–H groups in total. The predicted octanol–water partition coefficient (Wildman–Crippen LogP) is 2.56. The van der Waals surface area contributed by atoms with Crippen LogP contribution in [0.5, 0.6) is 0 Å². The first-order chi connectivity index (χ1) is 10.5. The van der Waals surface area contributed by atoms with Gasteiger partial charge < -0.3 is 21.1 Å². The van der Waals surface area contributed by atoms with Gasteiger partial charge in [-0.3, -0.25) is 0 Å². The van der Waals surface area contributed by atoms with E-state index in [4.69, 9.17) is 0 Å². The van der Waals surface area contributed by atoms with Crippen LogP contribution in [-0.4, -0.2) is 34.8 Å². The number of hydrogen-bond acceptors (Lipinski definition) is 4. The Morgan fingerprint density at radius 2 is 2.00 bits per heavy atom. The van der Waals surface area contributed by atoms with Crippen LogP contribution in [0, 0.1) is 0 Å². The summed E-state index contributed by atoms with van der Waals surface area (Å²) in [5.74, 6) is 0. The van der Waals surface area contributed by atoms with Gasteiger partial charge in [0.2, 0.25) is 0 Å². The van der Waals surface area contributed by atoms with Crippen molar-refractivity contribution < 1.29 is 9.90 Å². The van der Waals surface area contributed by atoms with Gasteiger partial charge in [-0.25, -0.2) is 4.79 Å². The summed E-state index contributed by atoms with van der Waals surface area (Å²) in [5.41, 5.74) is -0.250. The van der Waals surface area contributed by atoms with E-state index in [1.54, 1.807) is 6.92 Å². The van der Waals surface area contributed by atoms with E-state index >= 15 is 0 Å². The largest absolute Gasteiger partial charge is 0.384 e. The number of nitrogens with one attached hydrogen (secondary N) is 3. The van der Waals surface area contributed by atoms with E-state index in [0.29, 0.717) is 0 Å². The highest BCUT2D eigenvalue weighted by Gasteiger charge is 2.38. The molecule has 0 spiro atoms. The minimum Gasteiger partial charge on any atom is -0.384 e. The highest BCUT2D eigenvalue weighted by atomic mass is 32.1. The summed E-state index contributed by atoms with van der Waals surface area (Å²) in [6.07, 6.45) is 1.76. The molecular formula is C17H29N3O2S. The Hall–Kier alpha value is -1.11. The Labute approximate surface area is 142 Å². The zero-order chi connectivity index (χ0) is 17.3. The van der Waals surface area contributed by atoms with Gasteiger partial charge in [0.15, 0.2) is 0 Å². The minimum absolute atomic E-state index is 0.0120. The average Bonchev–Trinajstić information content (AvgIpc) is 2.86. The van der Waals surface area contributed by atoms with E-state index in [0.717, 1.165) is 18.4 Å². The number of urea groups is 1. The number of hydrogen-bond donors (Lipinski definition) is 4. The number of carbonyl (C=O) groups is 1. The molecule has 23 heavy (non-hydrogen) atoms. The van der Waals surface area contributed by atoms with Gasteiger partial charge in [0.05, 0.1) is 6.54 Å². The van der Waals surface area contributed by atoms with Crippen LogP contribution in [-0.2, 0) is 5.60 Å². The van der Waals surface area contributed by atoms with Crippen molar-refractivity contribution in [1.82, 2.24) is 16.0 Å². The summed E-state index contributed by atoms with van der Waals surface area (Å²) in [4.78, 5) is 12.2. The SMILES string of the molecule is CC1(C)CC(NC(=O)NCC(C)(O)c2ccsc2)CC(C)(C)N1. The maximum Gasteiger partial charge on any atom is 0.315 e. The first-order valence-electron chi connectivity index (χ1n) is 8.08. The summed E-state index contributed by atoms with van der Waals surface area (Å²) in [5, 5.41) is 23.7. The van der Waals surface area contributed by atoms with Crippen molar-refractivity contribution in [2.24, 2.45) is 0 Å². The summed E-state index contributed by atoms with van der Waals surface area (Å²) in [6, 6.07) is 1.77. The molecule has 1 atom stereocenters. The van der Waals surface area contributed by atoms with Crippen molar-refractivity contribution in [2.45, 2.75) is 70.2 Å². The molecular weight excluding hydrogens is 310 g/mol. The fraction of sp³-hybridized carbons (Fsp3) is 0.706. The molecule has 1 fully saturated rings. The highest BCUT2D eigenvalue weighted by Crippen LogP contribution is 2.28. The summed E-state index contributed by atoms with van der Waals surface area (Å²) in [7, 11) is 0. The van der Waals surface area contributed by atoms with E-state index in [-0.39, 0.29) is 29.7 Å². The van der Waals surface area contributed by atoms with Crippen molar-refractivity contribution >= 4 is 17.4 Å². The van der Waals surface area contributed by atoms with Crippen LogP contribution >= 0.6 is 11.3 Å². The van der Waals surface area contributed by atoms with E-state index in [9.17, 15) is 9.90 Å². The van der Waals surface area contributed by atoms with E-state index < -0.39 is 5.60 Å². The standard InChI is InChI=1S/C17H29N3O2S/c1-15(2)8-13(9-16(3,4)20-15)19-14(21)18-11-17(5,22)12-6-7-23-10-12/h6-7,10,13,20,22H,8-9,11H2,1-5H3,(H2,18,19,21). The molecule has 1 unspecified atom stereocenters. The summed E-state index contributed by atoms with van der Waals surface area (Å²) >= 11 is 1.53. The Morgan fingerprint density at radius 1 is 1.39 bits per heavy atom. The van der Waals surface area contributed by atoms with Crippen molar-refractivity contribution in [3.8, 4) is 0 Å². The third-order valence-corrected chi connectivity index (χ3v) is 4.94. The Kier molecular flexibility index (Phi) is 5.09. The molecule has 5 nitrogen and oxygen atoms in total. The molecule has 0 bridgehead atoms. The van der Waals surface area contributed by atoms with E-state index in [2.05, 4.69) is 43.6 Å². The molecule has 2 heterocycles. The van der Waals surface area contributed by atoms with Crippen LogP contribution in [0.4, 0.5) is 4.79 Å². The lowest BCUT2D eigenvalue weighted by Crippen LogP contribution is -2.63. The Bertz CT molecular complexity index is 522. The van der Waals surface area contributed by atoms with Crippen molar-refractivity contribution in [2.75, 3.05) is 6.54 Å². The molecule has 2 amide bonds. The predicted molar refractivity (Wildman–Crippen MR) is 94.7 cm³/mol. The first kappa shape index (κ1) is 18.2. The third-order valence-electron chi connectivity index (χ3n) is 4.26. The second-order valence-electron chi connectivity index (χ2n) is 8.11. The van der Waals surface area contributed by atoms with Crippen molar-refractivity contribution in [3.63, 3.8) is 0 Å². The van der Waals surface area contributed by atoms with Crippen LogP contribution in [0.1, 0.15) is 53.0 Å². The quantitative estimate of drug-likeness (QED) is 0.681. The van der Waals surface area contributed by atoms with Gasteiger partial charge in [-0.05, 0) is 69.9 Å². The monoisotopic (exact) mass is 339 g/mol. The van der Waals surface area contributed by atoms with Gasteiger partial charge >= 0.3 is 6.03 Å². The molecule has 2 rings (SSSR count). The molecule has 1 aromatic heterocycles. The fourth-order valence-electron chi connectivity index (χ4n) is 3.59. The fourth-order valence-corrected chi connectivity index (χ4v) is 4.37. The third kappa shape index (κ3) is 5.19. The molecule has 0 radical (unpaired) electrons. The number of thiophene rings is 1.